The first kappa shape index (κ1) is 14.3. The average molecular weight is 264 g/mol. The summed E-state index contributed by atoms with van der Waals surface area (Å²) in [5, 5.41) is 9.69. The molecule has 4 nitrogen and oxygen atoms in total. The van der Waals surface area contributed by atoms with E-state index < -0.39 is 0 Å². The van der Waals surface area contributed by atoms with Gasteiger partial charge >= 0.3 is 0 Å². The van der Waals surface area contributed by atoms with E-state index in [0.717, 1.165) is 37.4 Å². The van der Waals surface area contributed by atoms with Crippen molar-refractivity contribution < 1.29 is 9.84 Å². The maximum absolute atomic E-state index is 9.69. The van der Waals surface area contributed by atoms with Crippen molar-refractivity contribution in [1.82, 2.24) is 4.90 Å². The number of ether oxygens (including phenoxy) is 1. The lowest BCUT2D eigenvalue weighted by Gasteiger charge is -2.34. The highest BCUT2D eigenvalue weighted by Crippen LogP contribution is 2.17. The van der Waals surface area contributed by atoms with Crippen molar-refractivity contribution in [3.8, 4) is 5.75 Å². The van der Waals surface area contributed by atoms with Crippen LogP contribution in [0.4, 0.5) is 0 Å². The van der Waals surface area contributed by atoms with Crippen LogP contribution in [-0.4, -0.2) is 42.4 Å². The molecule has 3 N–H and O–H groups in total. The first-order valence-corrected chi connectivity index (χ1v) is 7.01. The van der Waals surface area contributed by atoms with Crippen molar-refractivity contribution in [1.29, 1.82) is 0 Å². The first-order valence-electron chi connectivity index (χ1n) is 7.01. The van der Waals surface area contributed by atoms with Crippen molar-refractivity contribution >= 4 is 0 Å². The quantitative estimate of drug-likeness (QED) is 0.840. The molecule has 1 saturated heterocycles. The van der Waals surface area contributed by atoms with E-state index in [4.69, 9.17) is 10.5 Å². The molecule has 2 atom stereocenters. The van der Waals surface area contributed by atoms with Crippen LogP contribution in [0.2, 0.25) is 0 Å². The van der Waals surface area contributed by atoms with Gasteiger partial charge in [-0.25, -0.2) is 0 Å². The summed E-state index contributed by atoms with van der Waals surface area (Å²) in [5.74, 6) is 1.24. The molecule has 1 aromatic rings. The third kappa shape index (κ3) is 4.20. The summed E-state index contributed by atoms with van der Waals surface area (Å²) >= 11 is 0. The number of piperidine rings is 1. The maximum atomic E-state index is 9.69. The Morgan fingerprint density at radius 1 is 1.47 bits per heavy atom. The van der Waals surface area contributed by atoms with Gasteiger partial charge in [0.25, 0.3) is 0 Å². The van der Waals surface area contributed by atoms with Crippen LogP contribution in [0.1, 0.15) is 18.9 Å². The number of rotatable bonds is 5. The summed E-state index contributed by atoms with van der Waals surface area (Å²) < 4.78 is 5.75. The Kier molecular flexibility index (Phi) is 5.19. The van der Waals surface area contributed by atoms with E-state index in [1.807, 2.05) is 24.3 Å². The summed E-state index contributed by atoms with van der Waals surface area (Å²) in [6.07, 6.45) is 0.725. The van der Waals surface area contributed by atoms with Gasteiger partial charge in [0.1, 0.15) is 12.4 Å². The molecular formula is C15H24N2O2. The lowest BCUT2D eigenvalue weighted by atomic mass is 9.97. The van der Waals surface area contributed by atoms with Crippen LogP contribution < -0.4 is 10.5 Å². The smallest absolute Gasteiger partial charge is 0.119 e. The van der Waals surface area contributed by atoms with E-state index in [-0.39, 0.29) is 6.10 Å². The summed E-state index contributed by atoms with van der Waals surface area (Å²) in [6, 6.07) is 7.92. The zero-order chi connectivity index (χ0) is 13.7. The molecule has 106 valence electrons. The Bertz CT molecular complexity index is 397. The second-order valence-corrected chi connectivity index (χ2v) is 5.33. The molecule has 0 aromatic heterocycles. The van der Waals surface area contributed by atoms with E-state index in [0.29, 0.717) is 19.1 Å². The normalized spacial score (nSPS) is 24.4. The highest BCUT2D eigenvalue weighted by molar-refractivity contribution is 5.28. The van der Waals surface area contributed by atoms with Crippen LogP contribution in [0, 0.1) is 5.92 Å². The second kappa shape index (κ2) is 6.89. The summed E-state index contributed by atoms with van der Waals surface area (Å²) in [4.78, 5) is 2.35. The predicted molar refractivity (Wildman–Crippen MR) is 76.1 cm³/mol. The molecule has 0 spiro atoms. The molecule has 2 unspecified atom stereocenters. The summed E-state index contributed by atoms with van der Waals surface area (Å²) in [6.45, 7) is 6.13. The number of aliphatic hydroxyl groups is 1. The van der Waals surface area contributed by atoms with Gasteiger partial charge in [0.2, 0.25) is 0 Å². The number of aliphatic hydroxyl groups excluding tert-OH is 1. The van der Waals surface area contributed by atoms with Gasteiger partial charge in [-0.15, -0.1) is 0 Å². The largest absolute Gasteiger partial charge is 0.492 e. The first-order chi connectivity index (χ1) is 9.19. The number of nitrogens with zero attached hydrogens (tertiary/aromatic N) is 1. The molecule has 1 aliphatic rings. The molecule has 1 aliphatic heterocycles. The van der Waals surface area contributed by atoms with E-state index in [1.165, 1.54) is 0 Å². The van der Waals surface area contributed by atoms with E-state index in [9.17, 15) is 5.11 Å². The van der Waals surface area contributed by atoms with E-state index >= 15 is 0 Å². The predicted octanol–water partition coefficient (Wildman–Crippen LogP) is 1.23. The average Bonchev–Trinajstić information content (AvgIpc) is 2.43. The zero-order valence-electron chi connectivity index (χ0n) is 11.6. The minimum absolute atomic E-state index is 0.140. The molecule has 19 heavy (non-hydrogen) atoms. The minimum Gasteiger partial charge on any atom is -0.492 e. The van der Waals surface area contributed by atoms with Gasteiger partial charge in [0.05, 0.1) is 6.10 Å². The Labute approximate surface area is 115 Å². The van der Waals surface area contributed by atoms with E-state index in [2.05, 4.69) is 11.8 Å². The van der Waals surface area contributed by atoms with Crippen LogP contribution in [0.3, 0.4) is 0 Å². The van der Waals surface area contributed by atoms with Crippen LogP contribution >= 0.6 is 0 Å². The number of likely N-dealkylation sites (tertiary alicyclic amines) is 1. The SMILES string of the molecule is CC1CN(CCOc2cccc(CN)c2)CCC1O. The van der Waals surface area contributed by atoms with Gasteiger partial charge in [-0.2, -0.15) is 0 Å². The summed E-state index contributed by atoms with van der Waals surface area (Å²) in [5.41, 5.74) is 6.70. The molecule has 1 fully saturated rings. The number of hydrogen-bond donors (Lipinski definition) is 2. The highest BCUT2D eigenvalue weighted by atomic mass is 16.5. The standard InChI is InChI=1S/C15H24N2O2/c1-12-11-17(6-5-15(12)18)7-8-19-14-4-2-3-13(9-14)10-16/h2-4,9,12,15,18H,5-8,10-11,16H2,1H3. The van der Waals surface area contributed by atoms with Gasteiger partial charge in [-0.3, -0.25) is 4.90 Å². The zero-order valence-corrected chi connectivity index (χ0v) is 11.6. The van der Waals surface area contributed by atoms with Gasteiger partial charge in [0, 0.05) is 26.2 Å². The fourth-order valence-electron chi connectivity index (χ4n) is 2.48. The van der Waals surface area contributed by atoms with Crippen molar-refractivity contribution in [3.05, 3.63) is 29.8 Å². The van der Waals surface area contributed by atoms with Crippen LogP contribution in [-0.2, 0) is 6.54 Å². The van der Waals surface area contributed by atoms with Crippen molar-refractivity contribution in [3.63, 3.8) is 0 Å². The number of hydrogen-bond acceptors (Lipinski definition) is 4. The molecule has 0 radical (unpaired) electrons. The number of benzene rings is 1. The third-order valence-electron chi connectivity index (χ3n) is 3.75. The topological polar surface area (TPSA) is 58.7 Å². The fraction of sp³-hybridized carbons (Fsp3) is 0.600. The minimum atomic E-state index is -0.140. The Morgan fingerprint density at radius 2 is 2.32 bits per heavy atom. The van der Waals surface area contributed by atoms with Crippen molar-refractivity contribution in [2.75, 3.05) is 26.2 Å². The molecule has 0 saturated carbocycles. The molecule has 2 rings (SSSR count). The molecular weight excluding hydrogens is 240 g/mol. The highest BCUT2D eigenvalue weighted by Gasteiger charge is 2.23. The molecule has 4 heteroatoms. The lowest BCUT2D eigenvalue weighted by Crippen LogP contribution is -2.43. The van der Waals surface area contributed by atoms with Crippen molar-refractivity contribution in [2.24, 2.45) is 11.7 Å². The van der Waals surface area contributed by atoms with E-state index in [1.54, 1.807) is 0 Å². The number of nitrogens with two attached hydrogens (primary N) is 1. The molecule has 0 bridgehead atoms. The molecule has 0 amide bonds. The molecule has 1 heterocycles. The second-order valence-electron chi connectivity index (χ2n) is 5.33. The molecule has 1 aromatic carbocycles. The van der Waals surface area contributed by atoms with Gasteiger partial charge in [-0.1, -0.05) is 19.1 Å². The Balaban J connectivity index is 1.74. The van der Waals surface area contributed by atoms with Crippen molar-refractivity contribution in [2.45, 2.75) is 26.0 Å². The maximum Gasteiger partial charge on any atom is 0.119 e. The van der Waals surface area contributed by atoms with Gasteiger partial charge < -0.3 is 15.6 Å². The van der Waals surface area contributed by atoms with Crippen LogP contribution in [0.15, 0.2) is 24.3 Å². The summed E-state index contributed by atoms with van der Waals surface area (Å²) in [7, 11) is 0. The molecule has 0 aliphatic carbocycles. The Hall–Kier alpha value is -1.10. The lowest BCUT2D eigenvalue weighted by molar-refractivity contribution is 0.0304. The van der Waals surface area contributed by atoms with Gasteiger partial charge in [-0.05, 0) is 30.0 Å². The Morgan fingerprint density at radius 3 is 3.05 bits per heavy atom. The van der Waals surface area contributed by atoms with Crippen LogP contribution in [0.25, 0.3) is 0 Å². The fourth-order valence-corrected chi connectivity index (χ4v) is 2.48. The third-order valence-corrected chi connectivity index (χ3v) is 3.75. The monoisotopic (exact) mass is 264 g/mol. The van der Waals surface area contributed by atoms with Gasteiger partial charge in [0.15, 0.2) is 0 Å². The van der Waals surface area contributed by atoms with Crippen LogP contribution in [0.5, 0.6) is 5.75 Å².